The van der Waals surface area contributed by atoms with Gasteiger partial charge in [-0.15, -0.1) is 0 Å². The van der Waals surface area contributed by atoms with Crippen LogP contribution in [0.25, 0.3) is 0 Å². The Morgan fingerprint density at radius 3 is 2.24 bits per heavy atom. The van der Waals surface area contributed by atoms with Crippen LogP contribution in [0.5, 0.6) is 5.75 Å². The minimum atomic E-state index is -3.99. The van der Waals surface area contributed by atoms with Crippen LogP contribution >= 0.6 is 0 Å². The second-order valence-corrected chi connectivity index (χ2v) is 9.57. The van der Waals surface area contributed by atoms with Crippen LogP contribution in [-0.2, 0) is 14.8 Å². The van der Waals surface area contributed by atoms with E-state index in [4.69, 9.17) is 4.74 Å². The third-order valence-electron chi connectivity index (χ3n) is 4.92. The first-order valence-electron chi connectivity index (χ1n) is 10.3. The molecule has 8 heteroatoms. The molecular formula is C25H27N3O4S. The van der Waals surface area contributed by atoms with Gasteiger partial charge in [0.05, 0.1) is 23.9 Å². The number of hydrazone groups is 1. The summed E-state index contributed by atoms with van der Waals surface area (Å²) in [5.74, 6) is 0.0327. The fourth-order valence-electron chi connectivity index (χ4n) is 3.36. The number of carbonyl (C=O) groups is 1. The van der Waals surface area contributed by atoms with Crippen LogP contribution in [0.1, 0.15) is 22.3 Å². The molecule has 1 N–H and O–H groups in total. The number of nitrogens with zero attached hydrogens (tertiary/aromatic N) is 2. The molecule has 1 amide bonds. The van der Waals surface area contributed by atoms with Crippen LogP contribution < -0.4 is 14.5 Å². The molecule has 0 fully saturated rings. The number of carbonyl (C=O) groups excluding carboxylic acids is 1. The van der Waals surface area contributed by atoms with Gasteiger partial charge in [-0.3, -0.25) is 9.10 Å². The van der Waals surface area contributed by atoms with Crippen molar-refractivity contribution in [1.82, 2.24) is 5.43 Å². The van der Waals surface area contributed by atoms with Crippen molar-refractivity contribution in [2.24, 2.45) is 5.10 Å². The molecule has 3 rings (SSSR count). The molecule has 0 saturated carbocycles. The number of ether oxygens (including phenoxy) is 1. The minimum Gasteiger partial charge on any atom is -0.496 e. The molecular weight excluding hydrogens is 438 g/mol. The third-order valence-corrected chi connectivity index (χ3v) is 6.71. The van der Waals surface area contributed by atoms with E-state index in [1.54, 1.807) is 43.5 Å². The first-order valence-corrected chi connectivity index (χ1v) is 11.8. The van der Waals surface area contributed by atoms with E-state index in [9.17, 15) is 13.2 Å². The van der Waals surface area contributed by atoms with Crippen LogP contribution in [0.3, 0.4) is 0 Å². The van der Waals surface area contributed by atoms with Crippen molar-refractivity contribution in [3.8, 4) is 5.75 Å². The number of anilines is 1. The lowest BCUT2D eigenvalue weighted by Gasteiger charge is -2.24. The Morgan fingerprint density at radius 2 is 1.61 bits per heavy atom. The molecule has 0 unspecified atom stereocenters. The van der Waals surface area contributed by atoms with E-state index in [2.05, 4.69) is 10.5 Å². The van der Waals surface area contributed by atoms with Crippen LogP contribution in [0.4, 0.5) is 5.69 Å². The topological polar surface area (TPSA) is 88.1 Å². The smallest absolute Gasteiger partial charge is 0.264 e. The van der Waals surface area contributed by atoms with Crippen LogP contribution in [0.15, 0.2) is 76.7 Å². The van der Waals surface area contributed by atoms with Gasteiger partial charge < -0.3 is 4.74 Å². The normalized spacial score (nSPS) is 11.4. The fourth-order valence-corrected chi connectivity index (χ4v) is 4.76. The van der Waals surface area contributed by atoms with E-state index in [0.717, 1.165) is 21.0 Å². The maximum Gasteiger partial charge on any atom is 0.264 e. The number of methoxy groups -OCH3 is 1. The Balaban J connectivity index is 1.89. The van der Waals surface area contributed by atoms with Crippen molar-refractivity contribution in [3.63, 3.8) is 0 Å². The largest absolute Gasteiger partial charge is 0.496 e. The van der Waals surface area contributed by atoms with E-state index in [-0.39, 0.29) is 4.90 Å². The molecule has 0 aliphatic heterocycles. The van der Waals surface area contributed by atoms with E-state index in [1.165, 1.54) is 18.3 Å². The average molecular weight is 466 g/mol. The van der Waals surface area contributed by atoms with Crippen LogP contribution in [0.2, 0.25) is 0 Å². The molecule has 0 aliphatic rings. The van der Waals surface area contributed by atoms with Gasteiger partial charge in [0.2, 0.25) is 0 Å². The third kappa shape index (κ3) is 5.98. The molecule has 0 bridgehead atoms. The summed E-state index contributed by atoms with van der Waals surface area (Å²) in [5.41, 5.74) is 6.23. The zero-order valence-corrected chi connectivity index (χ0v) is 19.9. The second-order valence-electron chi connectivity index (χ2n) is 7.71. The Labute approximate surface area is 194 Å². The highest BCUT2D eigenvalue weighted by Gasteiger charge is 2.27. The van der Waals surface area contributed by atoms with Gasteiger partial charge in [0.1, 0.15) is 12.3 Å². The summed E-state index contributed by atoms with van der Waals surface area (Å²) < 4.78 is 33.3. The molecule has 0 aliphatic carbocycles. The first kappa shape index (κ1) is 24.0. The first-order chi connectivity index (χ1) is 15.7. The van der Waals surface area contributed by atoms with Crippen molar-refractivity contribution in [1.29, 1.82) is 0 Å². The van der Waals surface area contributed by atoms with E-state index < -0.39 is 22.5 Å². The number of hydrogen-bond donors (Lipinski definition) is 1. The number of aryl methyl sites for hydroxylation is 3. The zero-order valence-electron chi connectivity index (χ0n) is 19.1. The van der Waals surface area contributed by atoms with Crippen molar-refractivity contribution >= 4 is 27.8 Å². The van der Waals surface area contributed by atoms with Crippen molar-refractivity contribution in [3.05, 3.63) is 89.0 Å². The van der Waals surface area contributed by atoms with E-state index in [1.807, 2.05) is 39.0 Å². The van der Waals surface area contributed by atoms with Crippen molar-refractivity contribution < 1.29 is 17.9 Å². The quantitative estimate of drug-likeness (QED) is 0.403. The zero-order chi connectivity index (χ0) is 24.0. The van der Waals surface area contributed by atoms with E-state index in [0.29, 0.717) is 17.0 Å². The maximum atomic E-state index is 13.5. The van der Waals surface area contributed by atoms with Gasteiger partial charge in [0, 0.05) is 5.56 Å². The summed E-state index contributed by atoms with van der Waals surface area (Å²) >= 11 is 0. The molecule has 7 nitrogen and oxygen atoms in total. The summed E-state index contributed by atoms with van der Waals surface area (Å²) in [4.78, 5) is 12.8. The maximum absolute atomic E-state index is 13.5. The van der Waals surface area contributed by atoms with Gasteiger partial charge in [-0.1, -0.05) is 35.9 Å². The molecule has 0 radical (unpaired) electrons. The molecule has 0 aromatic heterocycles. The summed E-state index contributed by atoms with van der Waals surface area (Å²) in [6.45, 7) is 5.21. The number of hydrogen-bond acceptors (Lipinski definition) is 5. The monoisotopic (exact) mass is 465 g/mol. The Kier molecular flexibility index (Phi) is 7.50. The number of para-hydroxylation sites is 1. The highest BCUT2D eigenvalue weighted by molar-refractivity contribution is 7.92. The number of nitrogens with one attached hydrogen (secondary N) is 1. The second kappa shape index (κ2) is 10.3. The average Bonchev–Trinajstić information content (AvgIpc) is 2.77. The Bertz CT molecular complexity index is 1250. The number of benzene rings is 3. The van der Waals surface area contributed by atoms with Gasteiger partial charge in [-0.25, -0.2) is 13.8 Å². The lowest BCUT2D eigenvalue weighted by Crippen LogP contribution is -2.39. The predicted molar refractivity (Wildman–Crippen MR) is 130 cm³/mol. The summed E-state index contributed by atoms with van der Waals surface area (Å²) in [5, 5.41) is 3.97. The molecule has 3 aromatic rings. The summed E-state index contributed by atoms with van der Waals surface area (Å²) in [6, 6.07) is 19.2. The number of amides is 1. The van der Waals surface area contributed by atoms with Crippen LogP contribution in [-0.4, -0.2) is 34.2 Å². The number of sulfonamides is 1. The van der Waals surface area contributed by atoms with Gasteiger partial charge in [-0.2, -0.15) is 5.10 Å². The minimum absolute atomic E-state index is 0.109. The SMILES string of the molecule is COc1ccccc1/C=N\NC(=O)CN(c1cc(C)cc(C)c1)S(=O)(=O)c1ccc(C)cc1. The lowest BCUT2D eigenvalue weighted by molar-refractivity contribution is -0.119. The van der Waals surface area contributed by atoms with Crippen molar-refractivity contribution in [2.75, 3.05) is 18.0 Å². The molecule has 3 aromatic carbocycles. The van der Waals surface area contributed by atoms with Gasteiger partial charge >= 0.3 is 0 Å². The molecule has 0 heterocycles. The predicted octanol–water partition coefficient (Wildman–Crippen LogP) is 3.97. The van der Waals surface area contributed by atoms with Gasteiger partial charge in [-0.05, 0) is 68.3 Å². The Morgan fingerprint density at radius 1 is 0.970 bits per heavy atom. The van der Waals surface area contributed by atoms with Gasteiger partial charge in [0.15, 0.2) is 0 Å². The lowest BCUT2D eigenvalue weighted by atomic mass is 10.1. The number of rotatable bonds is 8. The molecule has 0 saturated heterocycles. The fraction of sp³-hybridized carbons (Fsp3) is 0.200. The van der Waals surface area contributed by atoms with Crippen molar-refractivity contribution in [2.45, 2.75) is 25.7 Å². The standard InChI is InChI=1S/C25H27N3O4S/c1-18-9-11-23(12-10-18)33(30,31)28(22-14-19(2)13-20(3)15-22)17-25(29)27-26-16-21-7-5-6-8-24(21)32-4/h5-16H,17H2,1-4H3,(H,27,29)/b26-16-. The molecule has 172 valence electrons. The Hall–Kier alpha value is -3.65. The molecule has 33 heavy (non-hydrogen) atoms. The van der Waals surface area contributed by atoms with Crippen LogP contribution in [0, 0.1) is 20.8 Å². The summed E-state index contributed by atoms with van der Waals surface area (Å²) in [6.07, 6.45) is 1.45. The molecule has 0 atom stereocenters. The van der Waals surface area contributed by atoms with E-state index >= 15 is 0 Å². The summed E-state index contributed by atoms with van der Waals surface area (Å²) in [7, 11) is -2.44. The highest BCUT2D eigenvalue weighted by atomic mass is 32.2. The molecule has 0 spiro atoms. The highest BCUT2D eigenvalue weighted by Crippen LogP contribution is 2.26. The van der Waals surface area contributed by atoms with Gasteiger partial charge in [0.25, 0.3) is 15.9 Å².